The SMILES string of the molecule is Cc1ccc(-c2[c-]ccc(-c3ccc(-c4cccc5c4sc4ccccc45)cc3)c2)nc1.Cc1cccc(-c2[c-]cccc2)n1.[Ir]. The second-order valence-corrected chi connectivity index (χ2v) is 12.1. The Morgan fingerprint density at radius 1 is 0.565 bits per heavy atom. The fourth-order valence-corrected chi connectivity index (χ4v) is 6.72. The molecule has 0 bridgehead atoms. The van der Waals surface area contributed by atoms with Crippen molar-refractivity contribution in [2.75, 3.05) is 0 Å². The maximum absolute atomic E-state index is 4.55. The van der Waals surface area contributed by atoms with Crippen LogP contribution in [0.1, 0.15) is 11.3 Å². The average Bonchev–Trinajstić information content (AvgIpc) is 3.49. The Balaban J connectivity index is 0.000000223. The van der Waals surface area contributed by atoms with Gasteiger partial charge in [0.15, 0.2) is 0 Å². The molecule has 3 aromatic heterocycles. The molecule has 0 saturated heterocycles. The van der Waals surface area contributed by atoms with Gasteiger partial charge in [-0.3, -0.25) is 0 Å². The third-order valence-corrected chi connectivity index (χ3v) is 9.02. The molecule has 0 amide bonds. The zero-order valence-corrected chi connectivity index (χ0v) is 28.7. The molecule has 0 spiro atoms. The van der Waals surface area contributed by atoms with Gasteiger partial charge >= 0.3 is 0 Å². The molecule has 0 aliphatic rings. The van der Waals surface area contributed by atoms with Crippen LogP contribution in [0.5, 0.6) is 0 Å². The molecule has 225 valence electrons. The first-order valence-corrected chi connectivity index (χ1v) is 15.8. The summed E-state index contributed by atoms with van der Waals surface area (Å²) in [6.45, 7) is 4.05. The van der Waals surface area contributed by atoms with Crippen molar-refractivity contribution in [3.05, 3.63) is 169 Å². The zero-order valence-electron chi connectivity index (χ0n) is 25.5. The van der Waals surface area contributed by atoms with Gasteiger partial charge in [0.2, 0.25) is 0 Å². The minimum atomic E-state index is 0. The van der Waals surface area contributed by atoms with E-state index in [9.17, 15) is 0 Å². The Morgan fingerprint density at radius 3 is 2.11 bits per heavy atom. The Morgan fingerprint density at radius 2 is 1.33 bits per heavy atom. The molecule has 3 heterocycles. The van der Waals surface area contributed by atoms with Crippen molar-refractivity contribution in [1.82, 2.24) is 9.97 Å². The van der Waals surface area contributed by atoms with Crippen molar-refractivity contribution in [2.24, 2.45) is 0 Å². The molecule has 8 aromatic rings. The van der Waals surface area contributed by atoms with E-state index in [1.54, 1.807) is 0 Å². The van der Waals surface area contributed by atoms with E-state index in [1.807, 2.05) is 73.0 Å². The van der Waals surface area contributed by atoms with E-state index >= 15 is 0 Å². The largest absolute Gasteiger partial charge is 0.304 e. The third-order valence-electron chi connectivity index (χ3n) is 7.80. The van der Waals surface area contributed by atoms with E-state index in [0.29, 0.717) is 0 Å². The molecule has 1 radical (unpaired) electrons. The van der Waals surface area contributed by atoms with Crippen LogP contribution in [-0.2, 0) is 20.1 Å². The van der Waals surface area contributed by atoms with Crippen LogP contribution < -0.4 is 0 Å². The van der Waals surface area contributed by atoms with Crippen molar-refractivity contribution in [3.63, 3.8) is 0 Å². The van der Waals surface area contributed by atoms with Crippen LogP contribution in [0.2, 0.25) is 0 Å². The number of hydrogen-bond donors (Lipinski definition) is 0. The number of nitrogens with zero attached hydrogens (tertiary/aromatic N) is 2. The van der Waals surface area contributed by atoms with Gasteiger partial charge in [-0.25, -0.2) is 0 Å². The molecule has 46 heavy (non-hydrogen) atoms. The van der Waals surface area contributed by atoms with E-state index in [0.717, 1.165) is 33.8 Å². The molecule has 0 unspecified atom stereocenters. The van der Waals surface area contributed by atoms with Crippen molar-refractivity contribution >= 4 is 31.5 Å². The summed E-state index contributed by atoms with van der Waals surface area (Å²) in [5.74, 6) is 0. The van der Waals surface area contributed by atoms with Gasteiger partial charge in [-0.05, 0) is 59.6 Å². The smallest absolute Gasteiger partial charge is 0.0433 e. The van der Waals surface area contributed by atoms with E-state index in [1.165, 1.54) is 42.4 Å². The monoisotopic (exact) mass is 787 g/mol. The molecule has 8 rings (SSSR count). The Labute approximate surface area is 287 Å². The molecule has 4 heteroatoms. The molecule has 0 aliphatic carbocycles. The minimum absolute atomic E-state index is 0. The van der Waals surface area contributed by atoms with E-state index in [4.69, 9.17) is 0 Å². The van der Waals surface area contributed by atoms with Gasteiger partial charge in [0.25, 0.3) is 0 Å². The molecular weight excluding hydrogens is 757 g/mol. The third kappa shape index (κ3) is 6.76. The minimum Gasteiger partial charge on any atom is -0.304 e. The van der Waals surface area contributed by atoms with Crippen LogP contribution in [0.4, 0.5) is 0 Å². The second-order valence-electron chi connectivity index (χ2n) is 11.0. The van der Waals surface area contributed by atoms with Crippen LogP contribution in [0.25, 0.3) is 64.9 Å². The number of aryl methyl sites for hydroxylation is 2. The van der Waals surface area contributed by atoms with Gasteiger partial charge < -0.3 is 9.97 Å². The molecule has 0 saturated carbocycles. The van der Waals surface area contributed by atoms with Gasteiger partial charge in [0.1, 0.15) is 0 Å². The Bertz CT molecular complexity index is 2220. The van der Waals surface area contributed by atoms with Gasteiger partial charge in [-0.1, -0.05) is 84.9 Å². The number of pyridine rings is 2. The summed E-state index contributed by atoms with van der Waals surface area (Å²) in [7, 11) is 0. The molecule has 2 nitrogen and oxygen atoms in total. The number of hydrogen-bond acceptors (Lipinski definition) is 3. The Hall–Kier alpha value is -4.73. The number of fused-ring (bicyclic) bond motifs is 3. The summed E-state index contributed by atoms with van der Waals surface area (Å²) in [6.07, 6.45) is 1.90. The first-order chi connectivity index (χ1) is 22.1. The molecule has 0 N–H and O–H groups in total. The van der Waals surface area contributed by atoms with Crippen molar-refractivity contribution in [3.8, 4) is 44.8 Å². The molecule has 0 aliphatic heterocycles. The van der Waals surface area contributed by atoms with E-state index in [2.05, 4.69) is 120 Å². The number of thiophene rings is 1. The predicted octanol–water partition coefficient (Wildman–Crippen LogP) is 11.4. The maximum Gasteiger partial charge on any atom is 0.0433 e. The summed E-state index contributed by atoms with van der Waals surface area (Å²) < 4.78 is 2.69. The fraction of sp³-hybridized carbons (Fsp3) is 0.0476. The maximum atomic E-state index is 4.55. The summed E-state index contributed by atoms with van der Waals surface area (Å²) in [4.78, 5) is 8.97. The molecule has 0 fully saturated rings. The number of aromatic nitrogens is 2. The summed E-state index contributed by atoms with van der Waals surface area (Å²) in [6, 6.07) is 54.9. The first-order valence-electron chi connectivity index (χ1n) is 15.0. The van der Waals surface area contributed by atoms with Crippen molar-refractivity contribution < 1.29 is 20.1 Å². The second kappa shape index (κ2) is 14.1. The first kappa shape index (κ1) is 31.3. The van der Waals surface area contributed by atoms with E-state index < -0.39 is 0 Å². The van der Waals surface area contributed by atoms with Crippen molar-refractivity contribution in [1.29, 1.82) is 0 Å². The molecule has 0 atom stereocenters. The normalized spacial score (nSPS) is 10.7. The van der Waals surface area contributed by atoms with Crippen LogP contribution in [0, 0.1) is 26.0 Å². The van der Waals surface area contributed by atoms with Crippen LogP contribution >= 0.6 is 11.3 Å². The van der Waals surface area contributed by atoms with Gasteiger partial charge in [0.05, 0.1) is 0 Å². The molecule has 5 aromatic carbocycles. The summed E-state index contributed by atoms with van der Waals surface area (Å²) >= 11 is 1.87. The average molecular weight is 787 g/mol. The van der Waals surface area contributed by atoms with Gasteiger partial charge in [-0.2, -0.15) is 0 Å². The zero-order chi connectivity index (χ0) is 30.6. The van der Waals surface area contributed by atoms with Gasteiger partial charge in [0, 0.05) is 52.2 Å². The number of benzene rings is 5. The Kier molecular flexibility index (Phi) is 9.61. The van der Waals surface area contributed by atoms with Gasteiger partial charge in [-0.15, -0.1) is 82.6 Å². The van der Waals surface area contributed by atoms with Crippen molar-refractivity contribution in [2.45, 2.75) is 13.8 Å². The molecular formula is C42H30IrN2S-2. The fourth-order valence-electron chi connectivity index (χ4n) is 5.48. The topological polar surface area (TPSA) is 25.8 Å². The quantitative estimate of drug-likeness (QED) is 0.166. The summed E-state index contributed by atoms with van der Waals surface area (Å²) in [5.41, 5.74) is 11.1. The number of rotatable bonds is 4. The van der Waals surface area contributed by atoms with Crippen LogP contribution in [0.3, 0.4) is 0 Å². The predicted molar refractivity (Wildman–Crippen MR) is 190 cm³/mol. The van der Waals surface area contributed by atoms with Crippen LogP contribution in [0.15, 0.2) is 146 Å². The van der Waals surface area contributed by atoms with Crippen LogP contribution in [-0.4, -0.2) is 9.97 Å². The van der Waals surface area contributed by atoms with E-state index in [-0.39, 0.29) is 20.1 Å². The summed E-state index contributed by atoms with van der Waals surface area (Å²) in [5, 5.41) is 2.67. The standard InChI is InChI=1S/C30H20NS.C12H10N.Ir/c1-20-12-17-28(31-19-20)24-7-4-6-23(18-24)21-13-15-22(16-14-21)25-9-5-10-27-26-8-2-3-11-29(26)32-30(25)27;1-10-6-5-9-12(13-10)11-7-3-2-4-8-11;/h2-6,8-19H,1H3;2-7,9H,1H3;/q2*-1;.